The van der Waals surface area contributed by atoms with Gasteiger partial charge >= 0.3 is 0 Å². The van der Waals surface area contributed by atoms with Gasteiger partial charge in [0.15, 0.2) is 0 Å². The summed E-state index contributed by atoms with van der Waals surface area (Å²) >= 11 is 1.79. The minimum atomic E-state index is 0.317. The van der Waals surface area contributed by atoms with Gasteiger partial charge in [0, 0.05) is 36.7 Å². The molecule has 1 aliphatic heterocycles. The molecule has 24 heavy (non-hydrogen) atoms. The van der Waals surface area contributed by atoms with Crippen LogP contribution in [0.15, 0.2) is 30.5 Å². The fraction of sp³-hybridized carbons (Fsp3) is 0.526. The lowest BCUT2D eigenvalue weighted by atomic mass is 9.97. The van der Waals surface area contributed by atoms with Crippen molar-refractivity contribution in [2.24, 2.45) is 5.92 Å². The Balaban J connectivity index is 1.65. The van der Waals surface area contributed by atoms with Crippen LogP contribution >= 0.6 is 11.3 Å². The summed E-state index contributed by atoms with van der Waals surface area (Å²) in [6.07, 6.45) is 4.12. The number of hydrogen-bond donors (Lipinski definition) is 2. The smallest absolute Gasteiger partial charge is 0.0953 e. The van der Waals surface area contributed by atoms with Crippen LogP contribution in [0.1, 0.15) is 42.5 Å². The van der Waals surface area contributed by atoms with Crippen LogP contribution in [-0.4, -0.2) is 29.8 Å². The van der Waals surface area contributed by atoms with E-state index in [2.05, 4.69) is 53.3 Å². The Labute approximate surface area is 148 Å². The first kappa shape index (κ1) is 17.2. The molecule has 0 bridgehead atoms. The maximum absolute atomic E-state index is 9.32. The molecule has 0 unspecified atom stereocenters. The van der Waals surface area contributed by atoms with E-state index in [0.29, 0.717) is 18.4 Å². The molecule has 1 fully saturated rings. The fourth-order valence-corrected chi connectivity index (χ4v) is 3.97. The summed E-state index contributed by atoms with van der Waals surface area (Å²) in [5.41, 5.74) is 2.45. The molecule has 0 atom stereocenters. The summed E-state index contributed by atoms with van der Waals surface area (Å²) in [4.78, 5) is 8.20. The zero-order chi connectivity index (χ0) is 16.9. The molecule has 4 nitrogen and oxygen atoms in total. The Kier molecular flexibility index (Phi) is 5.74. The monoisotopic (exact) mass is 345 g/mol. The molecule has 0 aliphatic carbocycles. The summed E-state index contributed by atoms with van der Waals surface area (Å²) in [7, 11) is 0. The standard InChI is InChI=1S/C19H27N3OS/c1-14(2)19-21-12-16(24-19)11-20-17-5-3-4-6-18(17)22-9-7-15(13-23)8-10-22/h3-6,12,14-15,20,23H,7-11,13H2,1-2H3. The van der Waals surface area contributed by atoms with Crippen molar-refractivity contribution in [1.29, 1.82) is 0 Å². The highest BCUT2D eigenvalue weighted by atomic mass is 32.1. The van der Waals surface area contributed by atoms with Crippen molar-refractivity contribution in [3.63, 3.8) is 0 Å². The third-order valence-corrected chi connectivity index (χ3v) is 5.93. The van der Waals surface area contributed by atoms with E-state index in [9.17, 15) is 5.11 Å². The Hall–Kier alpha value is -1.59. The highest BCUT2D eigenvalue weighted by molar-refractivity contribution is 7.11. The van der Waals surface area contributed by atoms with Crippen molar-refractivity contribution in [3.8, 4) is 0 Å². The number of aliphatic hydroxyl groups is 1. The minimum Gasteiger partial charge on any atom is -0.396 e. The summed E-state index contributed by atoms with van der Waals surface area (Å²) in [5, 5.41) is 14.1. The van der Waals surface area contributed by atoms with E-state index in [-0.39, 0.29) is 0 Å². The third-order valence-electron chi connectivity index (χ3n) is 4.64. The number of nitrogens with zero attached hydrogens (tertiary/aromatic N) is 2. The first-order valence-corrected chi connectivity index (χ1v) is 9.62. The van der Waals surface area contributed by atoms with Gasteiger partial charge in [0.1, 0.15) is 0 Å². The average Bonchev–Trinajstić information content (AvgIpc) is 3.10. The van der Waals surface area contributed by atoms with Crippen LogP contribution in [0, 0.1) is 5.92 Å². The number of thiazole rings is 1. The average molecular weight is 346 g/mol. The van der Waals surface area contributed by atoms with Crippen LogP contribution in [0.3, 0.4) is 0 Å². The van der Waals surface area contributed by atoms with Gasteiger partial charge in [0.2, 0.25) is 0 Å². The number of piperidine rings is 1. The molecule has 2 heterocycles. The second-order valence-corrected chi connectivity index (χ2v) is 7.95. The van der Waals surface area contributed by atoms with Gasteiger partial charge < -0.3 is 15.3 Å². The van der Waals surface area contributed by atoms with Gasteiger partial charge in [-0.2, -0.15) is 0 Å². The minimum absolute atomic E-state index is 0.317. The van der Waals surface area contributed by atoms with Crippen LogP contribution in [-0.2, 0) is 6.54 Å². The van der Waals surface area contributed by atoms with E-state index in [1.807, 2.05) is 6.20 Å². The Morgan fingerprint density at radius 1 is 1.29 bits per heavy atom. The van der Waals surface area contributed by atoms with Crippen LogP contribution < -0.4 is 10.2 Å². The molecule has 0 radical (unpaired) electrons. The molecular weight excluding hydrogens is 318 g/mol. The van der Waals surface area contributed by atoms with Crippen LogP contribution in [0.4, 0.5) is 11.4 Å². The van der Waals surface area contributed by atoms with Crippen molar-refractivity contribution in [2.75, 3.05) is 29.9 Å². The molecule has 0 spiro atoms. The van der Waals surface area contributed by atoms with Gasteiger partial charge in [-0.15, -0.1) is 11.3 Å². The first-order chi connectivity index (χ1) is 11.7. The molecule has 1 aliphatic rings. The topological polar surface area (TPSA) is 48.4 Å². The molecule has 2 aromatic rings. The molecule has 1 aromatic carbocycles. The number of nitrogens with one attached hydrogen (secondary N) is 1. The molecule has 2 N–H and O–H groups in total. The van der Waals surface area contributed by atoms with E-state index in [4.69, 9.17) is 0 Å². The van der Waals surface area contributed by atoms with Gasteiger partial charge in [0.05, 0.1) is 22.9 Å². The zero-order valence-corrected chi connectivity index (χ0v) is 15.4. The molecule has 0 saturated carbocycles. The number of aliphatic hydroxyl groups excluding tert-OH is 1. The molecule has 1 aromatic heterocycles. The van der Waals surface area contributed by atoms with Crippen molar-refractivity contribution in [1.82, 2.24) is 4.98 Å². The Morgan fingerprint density at radius 3 is 2.71 bits per heavy atom. The largest absolute Gasteiger partial charge is 0.396 e. The van der Waals surface area contributed by atoms with Crippen LogP contribution in [0.5, 0.6) is 0 Å². The summed E-state index contributed by atoms with van der Waals surface area (Å²) in [6, 6.07) is 8.52. The summed E-state index contributed by atoms with van der Waals surface area (Å²) in [6.45, 7) is 7.53. The molecular formula is C19H27N3OS. The number of rotatable bonds is 6. The second kappa shape index (κ2) is 7.99. The van der Waals surface area contributed by atoms with E-state index in [1.165, 1.54) is 21.3 Å². The lowest BCUT2D eigenvalue weighted by Gasteiger charge is -2.34. The normalized spacial score (nSPS) is 15.9. The Morgan fingerprint density at radius 2 is 2.04 bits per heavy atom. The quantitative estimate of drug-likeness (QED) is 0.828. The third kappa shape index (κ3) is 4.08. The van der Waals surface area contributed by atoms with Crippen LogP contribution in [0.25, 0.3) is 0 Å². The number of aromatic nitrogens is 1. The van der Waals surface area contributed by atoms with Gasteiger partial charge in [-0.05, 0) is 30.9 Å². The van der Waals surface area contributed by atoms with Gasteiger partial charge in [-0.3, -0.25) is 0 Å². The molecule has 0 amide bonds. The van der Waals surface area contributed by atoms with Gasteiger partial charge in [-0.25, -0.2) is 4.98 Å². The van der Waals surface area contributed by atoms with E-state index < -0.39 is 0 Å². The maximum Gasteiger partial charge on any atom is 0.0953 e. The van der Waals surface area contributed by atoms with Crippen molar-refractivity contribution >= 4 is 22.7 Å². The zero-order valence-electron chi connectivity index (χ0n) is 14.5. The number of para-hydroxylation sites is 2. The number of anilines is 2. The molecule has 1 saturated heterocycles. The first-order valence-electron chi connectivity index (χ1n) is 8.80. The van der Waals surface area contributed by atoms with Crippen molar-refractivity contribution in [2.45, 2.75) is 39.2 Å². The predicted molar refractivity (Wildman–Crippen MR) is 102 cm³/mol. The summed E-state index contributed by atoms with van der Waals surface area (Å²) < 4.78 is 0. The number of benzene rings is 1. The maximum atomic E-state index is 9.32. The van der Waals surface area contributed by atoms with Crippen molar-refractivity contribution < 1.29 is 5.11 Å². The number of hydrogen-bond acceptors (Lipinski definition) is 5. The van der Waals surface area contributed by atoms with Gasteiger partial charge in [0.25, 0.3) is 0 Å². The summed E-state index contributed by atoms with van der Waals surface area (Å²) in [5.74, 6) is 0.955. The SMILES string of the molecule is CC(C)c1ncc(CNc2ccccc2N2CCC(CO)CC2)s1. The molecule has 3 rings (SSSR count). The highest BCUT2D eigenvalue weighted by Gasteiger charge is 2.20. The predicted octanol–water partition coefficient (Wildman–Crippen LogP) is 4.09. The fourth-order valence-electron chi connectivity index (χ4n) is 3.11. The molecule has 130 valence electrons. The van der Waals surface area contributed by atoms with E-state index >= 15 is 0 Å². The van der Waals surface area contributed by atoms with E-state index in [0.717, 1.165) is 32.5 Å². The highest BCUT2D eigenvalue weighted by Crippen LogP contribution is 2.30. The Bertz CT molecular complexity index is 648. The molecule has 5 heteroatoms. The van der Waals surface area contributed by atoms with Gasteiger partial charge in [-0.1, -0.05) is 26.0 Å². The second-order valence-electron chi connectivity index (χ2n) is 6.80. The lowest BCUT2D eigenvalue weighted by molar-refractivity contribution is 0.203. The lowest BCUT2D eigenvalue weighted by Crippen LogP contribution is -2.35. The van der Waals surface area contributed by atoms with Crippen molar-refractivity contribution in [3.05, 3.63) is 40.3 Å². The van der Waals surface area contributed by atoms with Crippen LogP contribution in [0.2, 0.25) is 0 Å². The van der Waals surface area contributed by atoms with E-state index in [1.54, 1.807) is 11.3 Å².